The van der Waals surface area contributed by atoms with E-state index in [0.717, 1.165) is 17.9 Å². The van der Waals surface area contributed by atoms with Crippen molar-refractivity contribution in [2.75, 3.05) is 19.7 Å². The zero-order valence-corrected chi connectivity index (χ0v) is 13.4. The first kappa shape index (κ1) is 15.7. The van der Waals surface area contributed by atoms with Gasteiger partial charge in [0.15, 0.2) is 5.82 Å². The number of carbonyl (C=O) groups excluding carboxylic acids is 1. The lowest BCUT2D eigenvalue weighted by molar-refractivity contribution is -0.139. The lowest BCUT2D eigenvalue weighted by atomic mass is 10.2. The summed E-state index contributed by atoms with van der Waals surface area (Å²) in [4.78, 5) is 25.9. The number of nitrogens with one attached hydrogen (secondary N) is 1. The fraction of sp³-hybridized carbons (Fsp3) is 0.600. The molecule has 0 spiro atoms. The summed E-state index contributed by atoms with van der Waals surface area (Å²) in [5.41, 5.74) is 0.982. The minimum absolute atomic E-state index is 0.0674. The molecule has 0 bridgehead atoms. The monoisotopic (exact) mass is 319 g/mol. The van der Waals surface area contributed by atoms with E-state index >= 15 is 0 Å². The van der Waals surface area contributed by atoms with Crippen molar-refractivity contribution in [2.24, 2.45) is 0 Å². The first-order valence-electron chi connectivity index (χ1n) is 7.88. The van der Waals surface area contributed by atoms with Crippen LogP contribution in [-0.2, 0) is 22.4 Å². The number of hydrogen-bond acceptors (Lipinski definition) is 6. The van der Waals surface area contributed by atoms with Crippen LogP contribution in [0.15, 0.2) is 10.7 Å². The van der Waals surface area contributed by atoms with Gasteiger partial charge in [-0.05, 0) is 6.92 Å². The van der Waals surface area contributed by atoms with Crippen LogP contribution in [0.3, 0.4) is 0 Å². The van der Waals surface area contributed by atoms with Crippen molar-refractivity contribution in [3.63, 3.8) is 0 Å². The van der Waals surface area contributed by atoms with E-state index in [-0.39, 0.29) is 12.0 Å². The van der Waals surface area contributed by atoms with E-state index in [9.17, 15) is 4.79 Å². The molecule has 1 aliphatic heterocycles. The Hall–Kier alpha value is -2.22. The number of H-pyrrole nitrogens is 1. The van der Waals surface area contributed by atoms with Crippen molar-refractivity contribution in [1.29, 1.82) is 0 Å². The Morgan fingerprint density at radius 3 is 3.09 bits per heavy atom. The Morgan fingerprint density at radius 2 is 2.39 bits per heavy atom. The number of aryl methyl sites for hydroxylation is 3. The second-order valence-electron chi connectivity index (χ2n) is 5.61. The standard InChI is InChI=1S/C15H21N5O3/c1-3-12-18-13(23-19-12)4-5-14(21)20-6-7-22-11(9-20)15-16-8-10(2)17-15/h8,11H,3-7,9H2,1-2H3,(H,16,17). The maximum absolute atomic E-state index is 12.4. The fourth-order valence-corrected chi connectivity index (χ4v) is 2.55. The fourth-order valence-electron chi connectivity index (χ4n) is 2.55. The van der Waals surface area contributed by atoms with Gasteiger partial charge in [0.05, 0.1) is 13.2 Å². The van der Waals surface area contributed by atoms with Crippen LogP contribution in [0.1, 0.15) is 42.7 Å². The third-order valence-corrected chi connectivity index (χ3v) is 3.83. The van der Waals surface area contributed by atoms with Gasteiger partial charge in [-0.1, -0.05) is 12.1 Å². The smallest absolute Gasteiger partial charge is 0.227 e. The number of ether oxygens (including phenoxy) is 1. The number of hydrogen-bond donors (Lipinski definition) is 1. The van der Waals surface area contributed by atoms with E-state index in [1.165, 1.54) is 0 Å². The van der Waals surface area contributed by atoms with Crippen LogP contribution in [0.5, 0.6) is 0 Å². The summed E-state index contributed by atoms with van der Waals surface area (Å²) in [7, 11) is 0. The van der Waals surface area contributed by atoms with Crippen molar-refractivity contribution in [3.05, 3.63) is 29.4 Å². The van der Waals surface area contributed by atoms with Gasteiger partial charge in [0.25, 0.3) is 0 Å². The molecule has 1 saturated heterocycles. The minimum Gasteiger partial charge on any atom is -0.367 e. The van der Waals surface area contributed by atoms with Crippen LogP contribution in [0.25, 0.3) is 0 Å². The van der Waals surface area contributed by atoms with E-state index in [4.69, 9.17) is 9.26 Å². The summed E-state index contributed by atoms with van der Waals surface area (Å²) in [6.07, 6.45) is 3.12. The maximum atomic E-state index is 12.4. The minimum atomic E-state index is -0.198. The van der Waals surface area contributed by atoms with Crippen LogP contribution in [0, 0.1) is 6.92 Å². The molecule has 1 aliphatic rings. The van der Waals surface area contributed by atoms with Gasteiger partial charge in [-0.2, -0.15) is 4.98 Å². The number of aromatic amines is 1. The number of imidazole rings is 1. The number of aromatic nitrogens is 4. The van der Waals surface area contributed by atoms with Crippen LogP contribution < -0.4 is 0 Å². The quantitative estimate of drug-likeness (QED) is 0.889. The number of carbonyl (C=O) groups is 1. The van der Waals surface area contributed by atoms with Crippen molar-refractivity contribution in [3.8, 4) is 0 Å². The third kappa shape index (κ3) is 3.76. The Morgan fingerprint density at radius 1 is 1.52 bits per heavy atom. The lowest BCUT2D eigenvalue weighted by Crippen LogP contribution is -2.42. The maximum Gasteiger partial charge on any atom is 0.227 e. The predicted octanol–water partition coefficient (Wildman–Crippen LogP) is 1.20. The molecule has 124 valence electrons. The zero-order chi connectivity index (χ0) is 16.2. The number of rotatable bonds is 5. The van der Waals surface area contributed by atoms with E-state index in [0.29, 0.717) is 44.3 Å². The number of amides is 1. The Bertz CT molecular complexity index is 666. The molecule has 0 saturated carbocycles. The van der Waals surface area contributed by atoms with Crippen LogP contribution in [0.2, 0.25) is 0 Å². The van der Waals surface area contributed by atoms with Crippen molar-refractivity contribution in [2.45, 2.75) is 39.2 Å². The molecule has 0 aromatic carbocycles. The Balaban J connectivity index is 1.54. The van der Waals surface area contributed by atoms with Crippen molar-refractivity contribution in [1.82, 2.24) is 25.0 Å². The molecule has 3 heterocycles. The molecule has 0 aliphatic carbocycles. The highest BCUT2D eigenvalue weighted by Gasteiger charge is 2.27. The van der Waals surface area contributed by atoms with Gasteiger partial charge in [0.2, 0.25) is 11.8 Å². The number of morpholine rings is 1. The second-order valence-corrected chi connectivity index (χ2v) is 5.61. The van der Waals surface area contributed by atoms with Crippen molar-refractivity contribution < 1.29 is 14.1 Å². The molecule has 1 atom stereocenters. The summed E-state index contributed by atoms with van der Waals surface area (Å²) < 4.78 is 10.8. The molecule has 2 aromatic rings. The summed E-state index contributed by atoms with van der Waals surface area (Å²) >= 11 is 0. The molecule has 3 rings (SSSR count). The van der Waals surface area contributed by atoms with Gasteiger partial charge in [0.1, 0.15) is 11.9 Å². The van der Waals surface area contributed by atoms with Crippen LogP contribution >= 0.6 is 0 Å². The first-order valence-corrected chi connectivity index (χ1v) is 7.88. The summed E-state index contributed by atoms with van der Waals surface area (Å²) in [5, 5.41) is 3.84. The molecule has 1 unspecified atom stereocenters. The average Bonchev–Trinajstić information content (AvgIpc) is 3.21. The SMILES string of the molecule is CCc1noc(CCC(=O)N2CCOC(c3ncc(C)[nH]3)C2)n1. The average molecular weight is 319 g/mol. The summed E-state index contributed by atoms with van der Waals surface area (Å²) in [6.45, 7) is 5.52. The Kier molecular flexibility index (Phi) is 4.71. The lowest BCUT2D eigenvalue weighted by Gasteiger charge is -2.32. The highest BCUT2D eigenvalue weighted by molar-refractivity contribution is 5.76. The van der Waals surface area contributed by atoms with Gasteiger partial charge < -0.3 is 19.1 Å². The summed E-state index contributed by atoms with van der Waals surface area (Å²) in [5.74, 6) is 2.02. The number of nitrogens with zero attached hydrogens (tertiary/aromatic N) is 4. The molecule has 1 fully saturated rings. The van der Waals surface area contributed by atoms with E-state index in [1.54, 1.807) is 6.20 Å². The van der Waals surface area contributed by atoms with Gasteiger partial charge in [-0.15, -0.1) is 0 Å². The van der Waals surface area contributed by atoms with E-state index in [2.05, 4.69) is 20.1 Å². The first-order chi connectivity index (χ1) is 11.2. The highest BCUT2D eigenvalue weighted by Crippen LogP contribution is 2.20. The largest absolute Gasteiger partial charge is 0.367 e. The van der Waals surface area contributed by atoms with Crippen LogP contribution in [0.4, 0.5) is 0 Å². The summed E-state index contributed by atoms with van der Waals surface area (Å²) in [6, 6.07) is 0. The molecule has 8 heteroatoms. The highest BCUT2D eigenvalue weighted by atomic mass is 16.5. The Labute approximate surface area is 134 Å². The van der Waals surface area contributed by atoms with Crippen molar-refractivity contribution >= 4 is 5.91 Å². The molecular weight excluding hydrogens is 298 g/mol. The van der Waals surface area contributed by atoms with Crippen LogP contribution in [-0.4, -0.2) is 50.6 Å². The zero-order valence-electron chi connectivity index (χ0n) is 13.4. The predicted molar refractivity (Wildman–Crippen MR) is 80.6 cm³/mol. The molecule has 1 N–H and O–H groups in total. The molecule has 23 heavy (non-hydrogen) atoms. The molecule has 0 radical (unpaired) electrons. The van der Waals surface area contributed by atoms with Gasteiger partial charge in [-0.3, -0.25) is 4.79 Å². The third-order valence-electron chi connectivity index (χ3n) is 3.83. The van der Waals surface area contributed by atoms with Gasteiger partial charge in [-0.25, -0.2) is 4.98 Å². The van der Waals surface area contributed by atoms with Gasteiger partial charge in [0, 0.05) is 37.7 Å². The molecular formula is C15H21N5O3. The molecule has 2 aromatic heterocycles. The topological polar surface area (TPSA) is 97.1 Å². The molecule has 8 nitrogen and oxygen atoms in total. The van der Waals surface area contributed by atoms with E-state index in [1.807, 2.05) is 18.7 Å². The second kappa shape index (κ2) is 6.91. The van der Waals surface area contributed by atoms with Gasteiger partial charge >= 0.3 is 0 Å². The normalized spacial score (nSPS) is 18.3. The molecule has 1 amide bonds. The van der Waals surface area contributed by atoms with E-state index < -0.39 is 0 Å².